The van der Waals surface area contributed by atoms with Crippen molar-refractivity contribution in [1.82, 2.24) is 14.9 Å². The van der Waals surface area contributed by atoms with Gasteiger partial charge in [-0.25, -0.2) is 9.97 Å². The Hall–Kier alpha value is -1.88. The van der Waals surface area contributed by atoms with Crippen molar-refractivity contribution >= 4 is 5.95 Å². The molecular weight excluding hydrogens is 276 g/mol. The Bertz CT molecular complexity index is 600. The lowest BCUT2D eigenvalue weighted by molar-refractivity contribution is 0.215. The maximum atomic E-state index is 5.19. The molecule has 0 amide bonds. The number of rotatable bonds is 3. The normalized spacial score (nSPS) is 25.9. The Labute approximate surface area is 131 Å². The van der Waals surface area contributed by atoms with Crippen molar-refractivity contribution in [2.75, 3.05) is 31.1 Å². The van der Waals surface area contributed by atoms with E-state index in [9.17, 15) is 0 Å². The fourth-order valence-electron chi connectivity index (χ4n) is 3.97. The Morgan fingerprint density at radius 1 is 1.14 bits per heavy atom. The first-order valence-electron chi connectivity index (χ1n) is 8.08. The van der Waals surface area contributed by atoms with Gasteiger partial charge in [-0.3, -0.25) is 4.90 Å². The van der Waals surface area contributed by atoms with Crippen molar-refractivity contribution in [3.63, 3.8) is 0 Å². The van der Waals surface area contributed by atoms with Gasteiger partial charge < -0.3 is 9.32 Å². The van der Waals surface area contributed by atoms with Crippen molar-refractivity contribution < 1.29 is 4.42 Å². The van der Waals surface area contributed by atoms with E-state index in [1.165, 1.54) is 37.9 Å². The van der Waals surface area contributed by atoms with Crippen LogP contribution in [0.2, 0.25) is 0 Å². The molecule has 4 rings (SSSR count). The highest BCUT2D eigenvalue weighted by Crippen LogP contribution is 2.40. The minimum atomic E-state index is 0.404. The molecule has 1 spiro atoms. The lowest BCUT2D eigenvalue weighted by atomic mass is 9.79. The second kappa shape index (κ2) is 5.72. The van der Waals surface area contributed by atoms with E-state index in [1.54, 1.807) is 6.26 Å². The molecule has 2 aromatic rings. The van der Waals surface area contributed by atoms with Crippen LogP contribution in [0.15, 0.2) is 41.5 Å². The van der Waals surface area contributed by atoms with Crippen LogP contribution in [0.5, 0.6) is 0 Å². The van der Waals surface area contributed by atoms with Crippen LogP contribution in [-0.4, -0.2) is 41.0 Å². The molecule has 2 aliphatic heterocycles. The summed E-state index contributed by atoms with van der Waals surface area (Å²) in [6, 6.07) is 3.95. The van der Waals surface area contributed by atoms with Crippen LogP contribution in [0.1, 0.15) is 24.8 Å². The first-order valence-corrected chi connectivity index (χ1v) is 8.08. The Kier molecular flexibility index (Phi) is 3.58. The quantitative estimate of drug-likeness (QED) is 0.871. The zero-order chi connectivity index (χ0) is 14.8. The molecule has 2 fully saturated rings. The number of anilines is 1. The maximum Gasteiger partial charge on any atom is 0.225 e. The molecule has 5 nitrogen and oxygen atoms in total. The number of hydrogen-bond acceptors (Lipinski definition) is 5. The van der Waals surface area contributed by atoms with Crippen LogP contribution in [-0.2, 0) is 6.54 Å². The van der Waals surface area contributed by atoms with Crippen LogP contribution < -0.4 is 4.90 Å². The number of aromatic nitrogens is 2. The predicted molar refractivity (Wildman–Crippen MR) is 84.5 cm³/mol. The molecule has 1 atom stereocenters. The Morgan fingerprint density at radius 2 is 2.05 bits per heavy atom. The van der Waals surface area contributed by atoms with Crippen molar-refractivity contribution in [3.05, 3.63) is 42.6 Å². The molecule has 1 unspecified atom stereocenters. The number of nitrogens with zero attached hydrogens (tertiary/aromatic N) is 4. The second-order valence-electron chi connectivity index (χ2n) is 6.67. The van der Waals surface area contributed by atoms with E-state index in [2.05, 4.69) is 25.8 Å². The Balaban J connectivity index is 1.43. The third-order valence-corrected chi connectivity index (χ3v) is 5.00. The molecule has 2 aliphatic rings. The molecule has 2 saturated heterocycles. The van der Waals surface area contributed by atoms with Crippen molar-refractivity contribution in [2.24, 2.45) is 5.41 Å². The van der Waals surface area contributed by atoms with Gasteiger partial charge in [0.1, 0.15) is 0 Å². The summed E-state index contributed by atoms with van der Waals surface area (Å²) >= 11 is 0. The van der Waals surface area contributed by atoms with E-state index >= 15 is 0 Å². The summed E-state index contributed by atoms with van der Waals surface area (Å²) in [5.74, 6) is 0.884. The smallest absolute Gasteiger partial charge is 0.225 e. The van der Waals surface area contributed by atoms with Gasteiger partial charge in [0.15, 0.2) is 0 Å². The predicted octanol–water partition coefficient (Wildman–Crippen LogP) is 2.56. The number of furan rings is 1. The van der Waals surface area contributed by atoms with Crippen molar-refractivity contribution in [1.29, 1.82) is 0 Å². The molecule has 0 radical (unpaired) electrons. The second-order valence-corrected chi connectivity index (χ2v) is 6.67. The molecular formula is C17H22N4O. The highest BCUT2D eigenvalue weighted by atomic mass is 16.3. The topological polar surface area (TPSA) is 45.4 Å². The highest BCUT2D eigenvalue weighted by molar-refractivity contribution is 5.30. The van der Waals surface area contributed by atoms with Gasteiger partial charge in [-0.1, -0.05) is 0 Å². The minimum absolute atomic E-state index is 0.404. The SMILES string of the molecule is c1cnc(N2CCCC3(CCN(Cc4ccoc4)C3)C2)nc1. The van der Waals surface area contributed by atoms with Gasteiger partial charge in [-0.15, -0.1) is 0 Å². The molecule has 0 N–H and O–H groups in total. The number of hydrogen-bond donors (Lipinski definition) is 0. The van der Waals surface area contributed by atoms with Gasteiger partial charge >= 0.3 is 0 Å². The molecule has 0 aliphatic carbocycles. The molecule has 0 aromatic carbocycles. The summed E-state index contributed by atoms with van der Waals surface area (Å²) in [5.41, 5.74) is 1.68. The number of likely N-dealkylation sites (tertiary alicyclic amines) is 1. The van der Waals surface area contributed by atoms with Gasteiger partial charge in [0.2, 0.25) is 5.95 Å². The van der Waals surface area contributed by atoms with E-state index in [-0.39, 0.29) is 0 Å². The zero-order valence-corrected chi connectivity index (χ0v) is 12.8. The standard InChI is InChI=1S/C17H22N4O/c1-4-17(14-21(8-1)16-18-6-2-7-19-16)5-9-20(13-17)11-15-3-10-22-12-15/h2-3,6-7,10,12H,1,4-5,8-9,11,13-14H2. The van der Waals surface area contributed by atoms with Crippen LogP contribution in [0.4, 0.5) is 5.95 Å². The summed E-state index contributed by atoms with van der Waals surface area (Å²) in [6.45, 7) is 5.50. The van der Waals surface area contributed by atoms with E-state index in [1.807, 2.05) is 24.7 Å². The highest BCUT2D eigenvalue weighted by Gasteiger charge is 2.41. The van der Waals surface area contributed by atoms with E-state index in [0.717, 1.165) is 25.6 Å². The van der Waals surface area contributed by atoms with Crippen molar-refractivity contribution in [3.8, 4) is 0 Å². The molecule has 0 saturated carbocycles. The Morgan fingerprint density at radius 3 is 2.86 bits per heavy atom. The molecule has 116 valence electrons. The summed E-state index contributed by atoms with van der Waals surface area (Å²) in [7, 11) is 0. The van der Waals surface area contributed by atoms with Gasteiger partial charge in [0.25, 0.3) is 0 Å². The molecule has 2 aromatic heterocycles. The van der Waals surface area contributed by atoms with Gasteiger partial charge in [-0.2, -0.15) is 0 Å². The van der Waals surface area contributed by atoms with E-state index < -0.39 is 0 Å². The monoisotopic (exact) mass is 298 g/mol. The van der Waals surface area contributed by atoms with E-state index in [4.69, 9.17) is 4.42 Å². The van der Waals surface area contributed by atoms with Crippen molar-refractivity contribution in [2.45, 2.75) is 25.8 Å². The zero-order valence-electron chi connectivity index (χ0n) is 12.8. The summed E-state index contributed by atoms with van der Waals surface area (Å²) in [6.07, 6.45) is 11.1. The third kappa shape index (κ3) is 2.73. The van der Waals surface area contributed by atoms with Gasteiger partial charge in [-0.05, 0) is 37.9 Å². The first-order chi connectivity index (χ1) is 10.8. The average Bonchev–Trinajstić information content (AvgIpc) is 3.20. The fraction of sp³-hybridized carbons (Fsp3) is 0.529. The molecule has 0 bridgehead atoms. The minimum Gasteiger partial charge on any atom is -0.472 e. The average molecular weight is 298 g/mol. The van der Waals surface area contributed by atoms with Gasteiger partial charge in [0, 0.05) is 49.6 Å². The van der Waals surface area contributed by atoms with Crippen LogP contribution in [0.3, 0.4) is 0 Å². The molecule has 22 heavy (non-hydrogen) atoms. The van der Waals surface area contributed by atoms with E-state index in [0.29, 0.717) is 5.41 Å². The first kappa shape index (κ1) is 13.8. The van der Waals surface area contributed by atoms with Crippen LogP contribution in [0, 0.1) is 5.41 Å². The lowest BCUT2D eigenvalue weighted by Gasteiger charge is -2.40. The number of piperidine rings is 1. The largest absolute Gasteiger partial charge is 0.472 e. The molecule has 5 heteroatoms. The van der Waals surface area contributed by atoms with Gasteiger partial charge in [0.05, 0.1) is 12.5 Å². The maximum absolute atomic E-state index is 5.19. The van der Waals surface area contributed by atoms with Crippen LogP contribution >= 0.6 is 0 Å². The summed E-state index contributed by atoms with van der Waals surface area (Å²) < 4.78 is 5.19. The fourth-order valence-corrected chi connectivity index (χ4v) is 3.97. The van der Waals surface area contributed by atoms with Crippen LogP contribution in [0.25, 0.3) is 0 Å². The lowest BCUT2D eigenvalue weighted by Crippen LogP contribution is -2.45. The summed E-state index contributed by atoms with van der Waals surface area (Å²) in [4.78, 5) is 13.8. The molecule has 4 heterocycles. The summed E-state index contributed by atoms with van der Waals surface area (Å²) in [5, 5.41) is 0. The third-order valence-electron chi connectivity index (χ3n) is 5.00.